The molecule has 19 heavy (non-hydrogen) atoms. The van der Waals surface area contributed by atoms with Crippen molar-refractivity contribution in [2.75, 3.05) is 31.8 Å². The van der Waals surface area contributed by atoms with Gasteiger partial charge in [0.2, 0.25) is 0 Å². The van der Waals surface area contributed by atoms with Crippen molar-refractivity contribution in [2.45, 2.75) is 20.4 Å². The predicted molar refractivity (Wildman–Crippen MR) is 79.4 cm³/mol. The third-order valence-corrected chi connectivity index (χ3v) is 4.01. The summed E-state index contributed by atoms with van der Waals surface area (Å²) in [4.78, 5) is 0. The van der Waals surface area contributed by atoms with Gasteiger partial charge in [0, 0.05) is 41.0 Å². The highest BCUT2D eigenvalue weighted by atomic mass is 32.2. The van der Waals surface area contributed by atoms with Crippen molar-refractivity contribution >= 4 is 10.8 Å². The molecule has 0 amide bonds. The fraction of sp³-hybridized carbons (Fsp3) is 0.571. The summed E-state index contributed by atoms with van der Waals surface area (Å²) in [7, 11) is 0.928. The molecule has 0 bridgehead atoms. The average molecular weight is 285 g/mol. The van der Waals surface area contributed by atoms with Gasteiger partial charge in [-0.25, -0.2) is 0 Å². The summed E-state index contributed by atoms with van der Waals surface area (Å²) in [6.07, 6.45) is 0. The van der Waals surface area contributed by atoms with Crippen molar-refractivity contribution in [3.8, 4) is 11.5 Å². The van der Waals surface area contributed by atoms with Crippen LogP contribution in [0.4, 0.5) is 0 Å². The number of hydrogen-bond donors (Lipinski definition) is 1. The smallest absolute Gasteiger partial charge is 0.165 e. The maximum atomic E-state index is 11.3. The van der Waals surface area contributed by atoms with Crippen molar-refractivity contribution in [1.29, 1.82) is 0 Å². The van der Waals surface area contributed by atoms with E-state index < -0.39 is 10.8 Å². The quantitative estimate of drug-likeness (QED) is 0.705. The summed E-state index contributed by atoms with van der Waals surface area (Å²) in [6, 6.07) is 5.86. The Morgan fingerprint density at radius 2 is 2.11 bits per heavy atom. The van der Waals surface area contributed by atoms with E-state index in [0.717, 1.165) is 23.6 Å². The van der Waals surface area contributed by atoms with E-state index in [9.17, 15) is 4.21 Å². The first-order valence-corrected chi connectivity index (χ1v) is 8.06. The van der Waals surface area contributed by atoms with Crippen LogP contribution in [0.3, 0.4) is 0 Å². The predicted octanol–water partition coefficient (Wildman–Crippen LogP) is 1.95. The van der Waals surface area contributed by atoms with Gasteiger partial charge < -0.3 is 14.8 Å². The number of methoxy groups -OCH3 is 1. The molecule has 0 aliphatic heterocycles. The molecular formula is C14H23NO3S. The van der Waals surface area contributed by atoms with Gasteiger partial charge in [-0.15, -0.1) is 0 Å². The van der Waals surface area contributed by atoms with E-state index in [1.807, 2.05) is 32.0 Å². The zero-order chi connectivity index (χ0) is 14.1. The topological polar surface area (TPSA) is 47.6 Å². The van der Waals surface area contributed by atoms with Crippen LogP contribution in [-0.2, 0) is 17.3 Å². The first-order chi connectivity index (χ1) is 9.22. The van der Waals surface area contributed by atoms with Gasteiger partial charge in [0.15, 0.2) is 11.5 Å². The summed E-state index contributed by atoms with van der Waals surface area (Å²) in [5.74, 6) is 2.93. The monoisotopic (exact) mass is 285 g/mol. The first kappa shape index (κ1) is 16.0. The number of nitrogens with one attached hydrogen (secondary N) is 1. The maximum absolute atomic E-state index is 11.3. The molecule has 0 aliphatic rings. The van der Waals surface area contributed by atoms with Crippen molar-refractivity contribution < 1.29 is 13.7 Å². The molecule has 0 aromatic heterocycles. The van der Waals surface area contributed by atoms with E-state index in [1.165, 1.54) is 0 Å². The van der Waals surface area contributed by atoms with Crippen molar-refractivity contribution in [3.05, 3.63) is 23.8 Å². The molecule has 1 aromatic carbocycles. The zero-order valence-corrected chi connectivity index (χ0v) is 12.7. The molecule has 1 N–H and O–H groups in total. The lowest BCUT2D eigenvalue weighted by Gasteiger charge is -2.14. The van der Waals surface area contributed by atoms with Crippen LogP contribution in [0.5, 0.6) is 11.5 Å². The van der Waals surface area contributed by atoms with Gasteiger partial charge in [-0.2, -0.15) is 0 Å². The van der Waals surface area contributed by atoms with Gasteiger partial charge in [0.25, 0.3) is 0 Å². The summed E-state index contributed by atoms with van der Waals surface area (Å²) < 4.78 is 22.2. The van der Waals surface area contributed by atoms with Gasteiger partial charge in [0.1, 0.15) is 0 Å². The number of hydrogen-bond acceptors (Lipinski definition) is 4. The van der Waals surface area contributed by atoms with Crippen LogP contribution in [0.25, 0.3) is 0 Å². The van der Waals surface area contributed by atoms with Crippen molar-refractivity contribution in [3.63, 3.8) is 0 Å². The molecule has 0 saturated heterocycles. The van der Waals surface area contributed by atoms with E-state index in [0.29, 0.717) is 24.7 Å². The Balaban J connectivity index is 2.57. The molecule has 0 radical (unpaired) electrons. The van der Waals surface area contributed by atoms with Crippen LogP contribution in [0.1, 0.15) is 19.4 Å². The van der Waals surface area contributed by atoms with E-state index in [1.54, 1.807) is 7.11 Å². The fourth-order valence-electron chi connectivity index (χ4n) is 1.75. The maximum Gasteiger partial charge on any atom is 0.165 e. The zero-order valence-electron chi connectivity index (χ0n) is 11.9. The summed E-state index contributed by atoms with van der Waals surface area (Å²) >= 11 is 0. The Hall–Kier alpha value is -1.07. The summed E-state index contributed by atoms with van der Waals surface area (Å²) in [5, 5.41) is 3.28. The number of para-hydroxylation sites is 1. The van der Waals surface area contributed by atoms with E-state index in [4.69, 9.17) is 9.47 Å². The average Bonchev–Trinajstić information content (AvgIpc) is 2.43. The molecule has 1 aromatic rings. The minimum Gasteiger partial charge on any atom is -0.493 e. The summed E-state index contributed by atoms with van der Waals surface area (Å²) in [6.45, 7) is 5.92. The molecule has 0 fully saturated rings. The lowest BCUT2D eigenvalue weighted by atomic mass is 10.2. The molecule has 0 spiro atoms. The summed E-state index contributed by atoms with van der Waals surface area (Å²) in [5.41, 5.74) is 1.05. The molecule has 1 rings (SSSR count). The number of benzene rings is 1. The second-order valence-electron chi connectivity index (χ2n) is 3.99. The Labute approximate surface area is 118 Å². The lowest BCUT2D eigenvalue weighted by molar-refractivity contribution is 0.308. The fourth-order valence-corrected chi connectivity index (χ4v) is 2.42. The Morgan fingerprint density at radius 1 is 1.32 bits per heavy atom. The van der Waals surface area contributed by atoms with Crippen LogP contribution in [0.15, 0.2) is 18.2 Å². The normalized spacial score (nSPS) is 12.2. The van der Waals surface area contributed by atoms with Crippen LogP contribution < -0.4 is 14.8 Å². The highest BCUT2D eigenvalue weighted by molar-refractivity contribution is 7.84. The largest absolute Gasteiger partial charge is 0.493 e. The molecule has 0 aliphatic carbocycles. The van der Waals surface area contributed by atoms with Crippen molar-refractivity contribution in [2.24, 2.45) is 0 Å². The first-order valence-electron chi connectivity index (χ1n) is 6.57. The van der Waals surface area contributed by atoms with Gasteiger partial charge >= 0.3 is 0 Å². The lowest BCUT2D eigenvalue weighted by Crippen LogP contribution is -2.21. The standard InChI is InChI=1S/C14H23NO3S/c1-4-18-13-8-6-7-12(14(13)17-3)11-15-9-10-19(16)5-2/h6-8,15H,4-5,9-11H2,1-3H3. The van der Waals surface area contributed by atoms with E-state index in [2.05, 4.69) is 5.32 Å². The minimum atomic E-state index is -0.718. The minimum absolute atomic E-state index is 0.614. The van der Waals surface area contributed by atoms with Crippen LogP contribution in [0, 0.1) is 0 Å². The van der Waals surface area contributed by atoms with Gasteiger partial charge in [-0.3, -0.25) is 4.21 Å². The van der Waals surface area contributed by atoms with Crippen LogP contribution >= 0.6 is 0 Å². The molecule has 108 valence electrons. The number of ether oxygens (including phenoxy) is 2. The Morgan fingerprint density at radius 3 is 2.74 bits per heavy atom. The highest BCUT2D eigenvalue weighted by Crippen LogP contribution is 2.30. The molecule has 1 unspecified atom stereocenters. The third kappa shape index (κ3) is 5.20. The van der Waals surface area contributed by atoms with Crippen molar-refractivity contribution in [1.82, 2.24) is 5.32 Å². The molecule has 4 nitrogen and oxygen atoms in total. The van der Waals surface area contributed by atoms with Crippen LogP contribution in [0.2, 0.25) is 0 Å². The number of rotatable bonds is 9. The van der Waals surface area contributed by atoms with Gasteiger partial charge in [-0.1, -0.05) is 19.1 Å². The van der Waals surface area contributed by atoms with E-state index in [-0.39, 0.29) is 0 Å². The molecule has 0 heterocycles. The Bertz CT molecular complexity index is 410. The second-order valence-corrected chi connectivity index (χ2v) is 5.86. The van der Waals surface area contributed by atoms with E-state index >= 15 is 0 Å². The molecule has 0 saturated carbocycles. The van der Waals surface area contributed by atoms with Crippen LogP contribution in [-0.4, -0.2) is 36.0 Å². The second kappa shape index (κ2) is 8.93. The highest BCUT2D eigenvalue weighted by Gasteiger charge is 2.09. The molecular weight excluding hydrogens is 262 g/mol. The SMILES string of the molecule is CCOc1cccc(CNCCS(=O)CC)c1OC. The van der Waals surface area contributed by atoms with Gasteiger partial charge in [0.05, 0.1) is 13.7 Å². The molecule has 5 heteroatoms. The third-order valence-electron chi connectivity index (χ3n) is 2.71. The Kier molecular flexibility index (Phi) is 7.52. The molecule has 1 atom stereocenters. The van der Waals surface area contributed by atoms with Gasteiger partial charge in [-0.05, 0) is 13.0 Å².